The van der Waals surface area contributed by atoms with Gasteiger partial charge in [-0.05, 0) is 48.2 Å². The second-order valence-electron chi connectivity index (χ2n) is 6.38. The van der Waals surface area contributed by atoms with E-state index in [-0.39, 0.29) is 5.82 Å². The summed E-state index contributed by atoms with van der Waals surface area (Å²) in [5, 5.41) is 9.02. The van der Waals surface area contributed by atoms with Crippen molar-refractivity contribution in [2.45, 2.75) is 32.0 Å². The van der Waals surface area contributed by atoms with Crippen molar-refractivity contribution >= 4 is 5.97 Å². The number of halogens is 1. The zero-order valence-electron chi connectivity index (χ0n) is 14.0. The molecule has 25 heavy (non-hydrogen) atoms. The van der Waals surface area contributed by atoms with Crippen LogP contribution in [0.1, 0.15) is 34.3 Å². The Bertz CT molecular complexity index is 694. The molecule has 0 amide bonds. The quantitative estimate of drug-likeness (QED) is 0.869. The molecule has 1 heterocycles. The average molecular weight is 343 g/mol. The number of carbonyl (C=O) groups is 1. The van der Waals surface area contributed by atoms with Crippen molar-refractivity contribution in [3.8, 4) is 0 Å². The second-order valence-corrected chi connectivity index (χ2v) is 6.38. The van der Waals surface area contributed by atoms with Crippen molar-refractivity contribution in [1.29, 1.82) is 0 Å². The van der Waals surface area contributed by atoms with E-state index in [9.17, 15) is 9.18 Å². The van der Waals surface area contributed by atoms with Crippen molar-refractivity contribution in [3.05, 3.63) is 71.0 Å². The summed E-state index contributed by atoms with van der Waals surface area (Å²) < 4.78 is 18.6. The average Bonchev–Trinajstić information content (AvgIpc) is 2.64. The smallest absolute Gasteiger partial charge is 0.335 e. The van der Waals surface area contributed by atoms with E-state index >= 15 is 0 Å². The minimum Gasteiger partial charge on any atom is -0.478 e. The maximum Gasteiger partial charge on any atom is 0.335 e. The van der Waals surface area contributed by atoms with Gasteiger partial charge < -0.3 is 9.84 Å². The van der Waals surface area contributed by atoms with Crippen LogP contribution in [0.15, 0.2) is 48.5 Å². The summed E-state index contributed by atoms with van der Waals surface area (Å²) in [6.07, 6.45) is 1.93. The number of aromatic carboxylic acids is 1. The number of hydrogen-bond acceptors (Lipinski definition) is 3. The van der Waals surface area contributed by atoms with Crippen LogP contribution in [0, 0.1) is 5.82 Å². The summed E-state index contributed by atoms with van der Waals surface area (Å²) >= 11 is 0. The van der Waals surface area contributed by atoms with Gasteiger partial charge in [-0.15, -0.1) is 0 Å². The molecular formula is C20H22FNO3. The fourth-order valence-electron chi connectivity index (χ4n) is 3.18. The predicted octanol–water partition coefficient (Wildman–Crippen LogP) is 3.71. The van der Waals surface area contributed by atoms with Crippen LogP contribution in [0.25, 0.3) is 0 Å². The van der Waals surface area contributed by atoms with E-state index in [0.717, 1.165) is 50.3 Å². The third kappa shape index (κ3) is 4.87. The Balaban J connectivity index is 1.75. The van der Waals surface area contributed by atoms with Crippen LogP contribution in [0.3, 0.4) is 0 Å². The molecule has 1 aliphatic heterocycles. The lowest BCUT2D eigenvalue weighted by Gasteiger charge is -2.34. The van der Waals surface area contributed by atoms with E-state index in [4.69, 9.17) is 9.84 Å². The lowest BCUT2D eigenvalue weighted by Crippen LogP contribution is -2.38. The van der Waals surface area contributed by atoms with Gasteiger partial charge >= 0.3 is 5.97 Å². The Morgan fingerprint density at radius 3 is 2.04 bits per heavy atom. The zero-order chi connectivity index (χ0) is 17.6. The SMILES string of the molecule is O=C(O)c1ccc(CN(Cc2ccc(F)cc2)C2CCOCC2)cc1. The first-order valence-corrected chi connectivity index (χ1v) is 8.50. The third-order valence-electron chi connectivity index (χ3n) is 4.59. The Labute approximate surface area is 146 Å². The van der Waals surface area contributed by atoms with Crippen molar-refractivity contribution in [2.75, 3.05) is 13.2 Å². The van der Waals surface area contributed by atoms with Crippen LogP contribution in [0.2, 0.25) is 0 Å². The predicted molar refractivity (Wildman–Crippen MR) is 92.9 cm³/mol. The maximum absolute atomic E-state index is 13.2. The highest BCUT2D eigenvalue weighted by molar-refractivity contribution is 5.87. The van der Waals surface area contributed by atoms with Crippen molar-refractivity contribution in [1.82, 2.24) is 4.90 Å². The second kappa shape index (κ2) is 8.23. The van der Waals surface area contributed by atoms with E-state index in [1.807, 2.05) is 24.3 Å². The number of ether oxygens (including phenoxy) is 1. The van der Waals surface area contributed by atoms with E-state index in [1.54, 1.807) is 12.1 Å². The third-order valence-corrected chi connectivity index (χ3v) is 4.59. The molecule has 1 fully saturated rings. The van der Waals surface area contributed by atoms with Crippen LogP contribution in [-0.2, 0) is 17.8 Å². The van der Waals surface area contributed by atoms with Crippen LogP contribution in [0.5, 0.6) is 0 Å². The van der Waals surface area contributed by atoms with E-state index in [2.05, 4.69) is 4.90 Å². The summed E-state index contributed by atoms with van der Waals surface area (Å²) in [6, 6.07) is 14.0. The summed E-state index contributed by atoms with van der Waals surface area (Å²) in [4.78, 5) is 13.4. The number of carboxylic acids is 1. The summed E-state index contributed by atoms with van der Waals surface area (Å²) in [5.41, 5.74) is 2.42. The van der Waals surface area contributed by atoms with Gasteiger partial charge in [0.2, 0.25) is 0 Å². The lowest BCUT2D eigenvalue weighted by atomic mass is 10.0. The van der Waals surface area contributed by atoms with Crippen LogP contribution < -0.4 is 0 Å². The molecule has 0 aliphatic carbocycles. The topological polar surface area (TPSA) is 49.8 Å². The summed E-state index contributed by atoms with van der Waals surface area (Å²) in [5.74, 6) is -1.15. The Kier molecular flexibility index (Phi) is 5.79. The summed E-state index contributed by atoms with van der Waals surface area (Å²) in [6.45, 7) is 2.96. The molecule has 2 aromatic carbocycles. The van der Waals surface area contributed by atoms with Crippen molar-refractivity contribution in [2.24, 2.45) is 0 Å². The van der Waals surface area contributed by atoms with Gasteiger partial charge in [0.25, 0.3) is 0 Å². The van der Waals surface area contributed by atoms with Crippen LogP contribution in [0.4, 0.5) is 4.39 Å². The zero-order valence-corrected chi connectivity index (χ0v) is 14.0. The molecule has 0 unspecified atom stereocenters. The van der Waals surface area contributed by atoms with Gasteiger partial charge in [0, 0.05) is 32.3 Å². The van der Waals surface area contributed by atoms with Crippen LogP contribution in [-0.4, -0.2) is 35.2 Å². The molecule has 0 radical (unpaired) electrons. The molecule has 0 atom stereocenters. The first-order chi connectivity index (χ1) is 12.1. The molecule has 1 aliphatic rings. The van der Waals surface area contributed by atoms with E-state index in [0.29, 0.717) is 11.6 Å². The first kappa shape index (κ1) is 17.6. The molecule has 0 spiro atoms. The van der Waals surface area contributed by atoms with Gasteiger partial charge in [0.05, 0.1) is 5.56 Å². The van der Waals surface area contributed by atoms with Crippen molar-refractivity contribution in [3.63, 3.8) is 0 Å². The van der Waals surface area contributed by atoms with Gasteiger partial charge in [0.15, 0.2) is 0 Å². The highest BCUT2D eigenvalue weighted by Crippen LogP contribution is 2.21. The number of nitrogens with zero attached hydrogens (tertiary/aromatic N) is 1. The van der Waals surface area contributed by atoms with Gasteiger partial charge in [-0.3, -0.25) is 4.90 Å². The minimum atomic E-state index is -0.917. The normalized spacial score (nSPS) is 15.4. The molecule has 4 nitrogen and oxygen atoms in total. The molecule has 1 N–H and O–H groups in total. The monoisotopic (exact) mass is 343 g/mol. The Morgan fingerprint density at radius 2 is 1.52 bits per heavy atom. The lowest BCUT2D eigenvalue weighted by molar-refractivity contribution is 0.0277. The Hall–Kier alpha value is -2.24. The molecular weight excluding hydrogens is 321 g/mol. The number of benzene rings is 2. The fraction of sp³-hybridized carbons (Fsp3) is 0.350. The highest BCUT2D eigenvalue weighted by Gasteiger charge is 2.22. The standard InChI is InChI=1S/C20H22FNO3/c21-18-7-3-16(4-8-18)14-22(19-9-11-25-12-10-19)13-15-1-5-17(6-2-15)20(23)24/h1-8,19H,9-14H2,(H,23,24). The molecule has 1 saturated heterocycles. The van der Waals surface area contributed by atoms with Crippen molar-refractivity contribution < 1.29 is 19.0 Å². The largest absolute Gasteiger partial charge is 0.478 e. The number of carboxylic acid groups (broad SMARTS) is 1. The molecule has 132 valence electrons. The first-order valence-electron chi connectivity index (χ1n) is 8.50. The van der Waals surface area contributed by atoms with Gasteiger partial charge in [0.1, 0.15) is 5.82 Å². The number of rotatable bonds is 6. The maximum atomic E-state index is 13.2. The molecule has 5 heteroatoms. The van der Waals surface area contributed by atoms with Gasteiger partial charge in [-0.1, -0.05) is 24.3 Å². The molecule has 0 bridgehead atoms. The summed E-state index contributed by atoms with van der Waals surface area (Å²) in [7, 11) is 0. The fourth-order valence-corrected chi connectivity index (χ4v) is 3.18. The molecule has 3 rings (SSSR count). The van der Waals surface area contributed by atoms with E-state index < -0.39 is 5.97 Å². The molecule has 2 aromatic rings. The number of hydrogen-bond donors (Lipinski definition) is 1. The highest BCUT2D eigenvalue weighted by atomic mass is 19.1. The van der Waals surface area contributed by atoms with E-state index in [1.165, 1.54) is 12.1 Å². The molecule has 0 aromatic heterocycles. The van der Waals surface area contributed by atoms with Gasteiger partial charge in [-0.2, -0.15) is 0 Å². The van der Waals surface area contributed by atoms with Crippen LogP contribution >= 0.6 is 0 Å². The minimum absolute atomic E-state index is 0.231. The molecule has 0 saturated carbocycles. The Morgan fingerprint density at radius 1 is 1.00 bits per heavy atom. The van der Waals surface area contributed by atoms with Gasteiger partial charge in [-0.25, -0.2) is 9.18 Å².